The number of nitrogens with one attached hydrogen (secondary N) is 1. The van der Waals surface area contributed by atoms with Crippen molar-refractivity contribution in [2.24, 2.45) is 10.9 Å². The molecule has 1 N–H and O–H groups in total. The van der Waals surface area contributed by atoms with Gasteiger partial charge >= 0.3 is 0 Å². The molecule has 2 aliphatic rings. The van der Waals surface area contributed by atoms with E-state index >= 15 is 0 Å². The Morgan fingerprint density at radius 3 is 2.87 bits per heavy atom. The van der Waals surface area contributed by atoms with Gasteiger partial charge in [-0.15, -0.1) is 0 Å². The summed E-state index contributed by atoms with van der Waals surface area (Å²) in [6, 6.07) is 5.37. The van der Waals surface area contributed by atoms with E-state index in [4.69, 9.17) is 9.47 Å². The summed E-state index contributed by atoms with van der Waals surface area (Å²) in [6.45, 7) is 5.53. The number of carbonyl (C=O) groups is 2. The summed E-state index contributed by atoms with van der Waals surface area (Å²) in [6.07, 6.45) is 6.77. The van der Waals surface area contributed by atoms with Crippen molar-refractivity contribution in [3.05, 3.63) is 29.5 Å². The molecule has 0 aromatic heterocycles. The van der Waals surface area contributed by atoms with Crippen molar-refractivity contribution in [2.45, 2.75) is 46.0 Å². The predicted octanol–water partition coefficient (Wildman–Crippen LogP) is 3.39. The first-order valence-corrected chi connectivity index (χ1v) is 10.7. The van der Waals surface area contributed by atoms with Crippen LogP contribution in [0.25, 0.3) is 6.08 Å². The standard InChI is InChI=1S/C23H31N3O4/c1-16(2)10-11-24-22(27)15-30-19-9-8-17(14-20(19)29-3)13-18-23(28)26-12-6-4-5-7-21(26)25-18/h8-9,13-14,16H,4-7,10-12,15H2,1-3H3,(H,24,27)/b18-13+. The van der Waals surface area contributed by atoms with Crippen molar-refractivity contribution in [1.82, 2.24) is 10.2 Å². The van der Waals surface area contributed by atoms with Crippen molar-refractivity contribution in [2.75, 3.05) is 26.8 Å². The van der Waals surface area contributed by atoms with Gasteiger partial charge in [0.2, 0.25) is 0 Å². The Kier molecular flexibility index (Phi) is 7.49. The van der Waals surface area contributed by atoms with E-state index < -0.39 is 0 Å². The van der Waals surface area contributed by atoms with Crippen LogP contribution in [0, 0.1) is 5.92 Å². The largest absolute Gasteiger partial charge is 0.493 e. The number of nitrogens with zero attached hydrogens (tertiary/aromatic N) is 2. The molecule has 0 aliphatic carbocycles. The van der Waals surface area contributed by atoms with Gasteiger partial charge in [-0.3, -0.25) is 14.5 Å². The highest BCUT2D eigenvalue weighted by Crippen LogP contribution is 2.30. The number of methoxy groups -OCH3 is 1. The van der Waals surface area contributed by atoms with Gasteiger partial charge in [0.25, 0.3) is 11.8 Å². The molecule has 0 atom stereocenters. The average molecular weight is 414 g/mol. The zero-order valence-electron chi connectivity index (χ0n) is 18.1. The van der Waals surface area contributed by atoms with E-state index in [2.05, 4.69) is 24.2 Å². The molecule has 2 aliphatic heterocycles. The second-order valence-electron chi connectivity index (χ2n) is 8.06. The predicted molar refractivity (Wildman–Crippen MR) is 117 cm³/mol. The van der Waals surface area contributed by atoms with E-state index in [-0.39, 0.29) is 18.4 Å². The number of rotatable bonds is 8. The summed E-state index contributed by atoms with van der Waals surface area (Å²) >= 11 is 0. The van der Waals surface area contributed by atoms with Crippen LogP contribution in [0.15, 0.2) is 28.9 Å². The smallest absolute Gasteiger partial charge is 0.277 e. The first-order valence-electron chi connectivity index (χ1n) is 10.7. The molecule has 0 radical (unpaired) electrons. The maximum Gasteiger partial charge on any atom is 0.277 e. The molecule has 162 valence electrons. The monoisotopic (exact) mass is 413 g/mol. The molecule has 1 saturated heterocycles. The molecule has 1 aromatic rings. The quantitative estimate of drug-likeness (QED) is 0.663. The Morgan fingerprint density at radius 1 is 1.27 bits per heavy atom. The number of amides is 2. The lowest BCUT2D eigenvalue weighted by Gasteiger charge is -2.14. The van der Waals surface area contributed by atoms with E-state index in [1.54, 1.807) is 30.2 Å². The lowest BCUT2D eigenvalue weighted by Crippen LogP contribution is -2.31. The number of fused-ring (bicyclic) bond motifs is 1. The lowest BCUT2D eigenvalue weighted by molar-refractivity contribution is -0.123. The molecule has 1 aromatic carbocycles. The van der Waals surface area contributed by atoms with Crippen LogP contribution in [0.3, 0.4) is 0 Å². The van der Waals surface area contributed by atoms with Crippen LogP contribution >= 0.6 is 0 Å². The maximum absolute atomic E-state index is 12.7. The van der Waals surface area contributed by atoms with E-state index in [9.17, 15) is 9.59 Å². The van der Waals surface area contributed by atoms with Crippen LogP contribution < -0.4 is 14.8 Å². The van der Waals surface area contributed by atoms with Crippen LogP contribution in [-0.4, -0.2) is 49.4 Å². The summed E-state index contributed by atoms with van der Waals surface area (Å²) in [4.78, 5) is 31.0. The zero-order chi connectivity index (χ0) is 21.5. The van der Waals surface area contributed by atoms with Crippen molar-refractivity contribution >= 4 is 23.7 Å². The normalized spacial score (nSPS) is 17.6. The second kappa shape index (κ2) is 10.3. The molecule has 0 unspecified atom stereocenters. The fourth-order valence-corrected chi connectivity index (χ4v) is 3.49. The molecule has 0 bridgehead atoms. The van der Waals surface area contributed by atoms with Crippen molar-refractivity contribution in [3.8, 4) is 11.5 Å². The fourth-order valence-electron chi connectivity index (χ4n) is 3.49. The molecule has 0 saturated carbocycles. The minimum Gasteiger partial charge on any atom is -0.493 e. The topological polar surface area (TPSA) is 80.2 Å². The molecule has 0 spiro atoms. The van der Waals surface area contributed by atoms with Crippen molar-refractivity contribution in [3.63, 3.8) is 0 Å². The minimum atomic E-state index is -0.163. The summed E-state index contributed by atoms with van der Waals surface area (Å²) in [5, 5.41) is 2.84. The third kappa shape index (κ3) is 5.62. The van der Waals surface area contributed by atoms with Gasteiger partial charge < -0.3 is 14.8 Å². The van der Waals surface area contributed by atoms with E-state index in [1.807, 2.05) is 6.07 Å². The second-order valence-corrected chi connectivity index (χ2v) is 8.06. The molecule has 1 fully saturated rings. The molecule has 7 nitrogen and oxygen atoms in total. The average Bonchev–Trinajstić information content (AvgIpc) is 2.88. The van der Waals surface area contributed by atoms with Gasteiger partial charge in [-0.05, 0) is 49.0 Å². The number of benzene rings is 1. The first-order chi connectivity index (χ1) is 14.5. The Labute approximate surface area is 178 Å². The van der Waals surface area contributed by atoms with E-state index in [0.717, 1.165) is 50.0 Å². The van der Waals surface area contributed by atoms with Gasteiger partial charge in [0.05, 0.1) is 7.11 Å². The number of ether oxygens (including phenoxy) is 2. The SMILES string of the molecule is COc1cc(/C=C2/N=C3CCCCCN3C2=O)ccc1OCC(=O)NCCC(C)C. The summed E-state index contributed by atoms with van der Waals surface area (Å²) in [5.41, 5.74) is 1.25. The van der Waals surface area contributed by atoms with E-state index in [1.165, 1.54) is 0 Å². The van der Waals surface area contributed by atoms with Crippen molar-refractivity contribution in [1.29, 1.82) is 0 Å². The van der Waals surface area contributed by atoms with Crippen LogP contribution in [0.5, 0.6) is 11.5 Å². The van der Waals surface area contributed by atoms with Gasteiger partial charge in [0.15, 0.2) is 18.1 Å². The number of carbonyl (C=O) groups excluding carboxylic acids is 2. The van der Waals surface area contributed by atoms with Crippen LogP contribution in [-0.2, 0) is 9.59 Å². The Balaban J connectivity index is 1.65. The van der Waals surface area contributed by atoms with Gasteiger partial charge in [0, 0.05) is 19.5 Å². The lowest BCUT2D eigenvalue weighted by atomic mass is 10.1. The van der Waals surface area contributed by atoms with Crippen LogP contribution in [0.4, 0.5) is 0 Å². The van der Waals surface area contributed by atoms with Gasteiger partial charge in [-0.1, -0.05) is 26.3 Å². The van der Waals surface area contributed by atoms with Gasteiger partial charge in [-0.2, -0.15) is 0 Å². The Morgan fingerprint density at radius 2 is 2.10 bits per heavy atom. The summed E-state index contributed by atoms with van der Waals surface area (Å²) in [7, 11) is 1.55. The molecule has 7 heteroatoms. The van der Waals surface area contributed by atoms with Crippen molar-refractivity contribution < 1.29 is 19.1 Å². The highest BCUT2D eigenvalue weighted by atomic mass is 16.5. The van der Waals surface area contributed by atoms with Gasteiger partial charge in [0.1, 0.15) is 11.5 Å². The maximum atomic E-state index is 12.7. The third-order valence-corrected chi connectivity index (χ3v) is 5.20. The summed E-state index contributed by atoms with van der Waals surface area (Å²) < 4.78 is 11.0. The van der Waals surface area contributed by atoms with E-state index in [0.29, 0.717) is 29.7 Å². The molecular weight excluding hydrogens is 382 g/mol. The summed E-state index contributed by atoms with van der Waals surface area (Å²) in [5.74, 6) is 2.20. The fraction of sp³-hybridized carbons (Fsp3) is 0.522. The van der Waals surface area contributed by atoms with Crippen LogP contribution in [0.2, 0.25) is 0 Å². The highest BCUT2D eigenvalue weighted by Gasteiger charge is 2.30. The van der Waals surface area contributed by atoms with Crippen LogP contribution in [0.1, 0.15) is 51.5 Å². The number of hydrogen-bond acceptors (Lipinski definition) is 5. The molecule has 30 heavy (non-hydrogen) atoms. The highest BCUT2D eigenvalue weighted by molar-refractivity contribution is 6.14. The van der Waals surface area contributed by atoms with Gasteiger partial charge in [-0.25, -0.2) is 4.99 Å². The number of hydrogen-bond donors (Lipinski definition) is 1. The molecule has 2 heterocycles. The number of aliphatic imine (C=N–C) groups is 1. The molecule has 3 rings (SSSR count). The Bertz CT molecular complexity index is 845. The minimum absolute atomic E-state index is 0.0377. The first kappa shape index (κ1) is 21.9. The Hall–Kier alpha value is -2.83. The number of amidine groups is 1. The zero-order valence-corrected chi connectivity index (χ0v) is 18.1. The molecule has 2 amide bonds. The third-order valence-electron chi connectivity index (χ3n) is 5.20. The molecular formula is C23H31N3O4.